The van der Waals surface area contributed by atoms with Gasteiger partial charge in [-0.15, -0.1) is 11.3 Å². The molecule has 2 aromatic carbocycles. The zero-order chi connectivity index (χ0) is 22.9. The number of sulfone groups is 1. The van der Waals surface area contributed by atoms with Crippen LogP contribution in [0.25, 0.3) is 26.7 Å². The number of rotatable bonds is 6. The van der Waals surface area contributed by atoms with Crippen molar-refractivity contribution in [3.63, 3.8) is 0 Å². The highest BCUT2D eigenvalue weighted by Crippen LogP contribution is 2.37. The number of hydrogen-bond acceptors (Lipinski definition) is 6. The van der Waals surface area contributed by atoms with Crippen LogP contribution in [0.15, 0.2) is 76.8 Å². The van der Waals surface area contributed by atoms with Crippen molar-refractivity contribution in [1.82, 2.24) is 9.78 Å². The number of nitrogens with zero attached hydrogens (tertiary/aromatic N) is 3. The molecule has 4 aromatic rings. The number of halogens is 1. The Balaban J connectivity index is 1.84. The zero-order valence-electron chi connectivity index (χ0n) is 17.6. The maximum Gasteiger partial charge on any atom is 0.175 e. The summed E-state index contributed by atoms with van der Waals surface area (Å²) in [5, 5.41) is 9.28. The molecule has 0 aliphatic rings. The molecule has 0 aliphatic carbocycles. The normalized spacial score (nSPS) is 12.2. The van der Waals surface area contributed by atoms with Crippen molar-refractivity contribution in [3.05, 3.63) is 77.4 Å². The van der Waals surface area contributed by atoms with Crippen molar-refractivity contribution in [2.45, 2.75) is 11.8 Å². The summed E-state index contributed by atoms with van der Waals surface area (Å²) < 4.78 is 25.7. The molecule has 32 heavy (non-hydrogen) atoms. The molecule has 0 amide bonds. The second-order valence-corrected chi connectivity index (χ2v) is 10.6. The predicted molar refractivity (Wildman–Crippen MR) is 130 cm³/mol. The summed E-state index contributed by atoms with van der Waals surface area (Å²) in [5.74, 6) is 0. The van der Waals surface area contributed by atoms with Gasteiger partial charge in [0.1, 0.15) is 18.5 Å². The van der Waals surface area contributed by atoms with Crippen molar-refractivity contribution in [2.75, 3.05) is 13.4 Å². The molecule has 2 heterocycles. The third-order valence-electron chi connectivity index (χ3n) is 4.79. The molecule has 0 radical (unpaired) electrons. The van der Waals surface area contributed by atoms with Crippen molar-refractivity contribution in [2.24, 2.45) is 5.16 Å². The van der Waals surface area contributed by atoms with E-state index in [1.807, 2.05) is 55.5 Å². The van der Waals surface area contributed by atoms with E-state index in [0.29, 0.717) is 21.3 Å². The zero-order valence-corrected chi connectivity index (χ0v) is 20.0. The Morgan fingerprint density at radius 1 is 1.06 bits per heavy atom. The van der Waals surface area contributed by atoms with Gasteiger partial charge in [-0.1, -0.05) is 41.0 Å². The average molecular weight is 486 g/mol. The van der Waals surface area contributed by atoms with Gasteiger partial charge in [-0.05, 0) is 55.0 Å². The van der Waals surface area contributed by atoms with E-state index in [4.69, 9.17) is 21.5 Å². The van der Waals surface area contributed by atoms with Crippen molar-refractivity contribution in [1.29, 1.82) is 0 Å². The van der Waals surface area contributed by atoms with E-state index >= 15 is 0 Å². The number of aromatic nitrogens is 2. The minimum atomic E-state index is -3.29. The Kier molecular flexibility index (Phi) is 6.19. The molecular formula is C23H20ClN3O3S2. The fraction of sp³-hybridized carbons (Fsp3) is 0.130. The smallest absolute Gasteiger partial charge is 0.175 e. The van der Waals surface area contributed by atoms with Crippen LogP contribution >= 0.6 is 22.9 Å². The average Bonchev–Trinajstić information content (AvgIpc) is 3.41. The Bertz CT molecular complexity index is 1420. The molecule has 0 N–H and O–H groups in total. The van der Waals surface area contributed by atoms with Crippen molar-refractivity contribution >= 4 is 38.5 Å². The van der Waals surface area contributed by atoms with E-state index in [9.17, 15) is 8.42 Å². The van der Waals surface area contributed by atoms with Gasteiger partial charge < -0.3 is 4.84 Å². The fourth-order valence-electron chi connectivity index (χ4n) is 3.23. The van der Waals surface area contributed by atoms with Crippen LogP contribution in [-0.2, 0) is 14.7 Å². The van der Waals surface area contributed by atoms with Crippen LogP contribution in [0.5, 0.6) is 0 Å². The molecular weight excluding hydrogens is 466 g/mol. The third-order valence-corrected chi connectivity index (χ3v) is 7.38. The molecule has 164 valence electrons. The van der Waals surface area contributed by atoms with Gasteiger partial charge in [-0.2, -0.15) is 5.10 Å². The second kappa shape index (κ2) is 8.90. The number of para-hydroxylation sites is 1. The summed E-state index contributed by atoms with van der Waals surface area (Å²) in [7, 11) is -1.80. The van der Waals surface area contributed by atoms with Gasteiger partial charge in [-0.25, -0.2) is 13.1 Å². The van der Waals surface area contributed by atoms with E-state index in [1.165, 1.54) is 13.4 Å². The number of hydrogen-bond donors (Lipinski definition) is 0. The summed E-state index contributed by atoms with van der Waals surface area (Å²) in [6, 6.07) is 20.3. The van der Waals surface area contributed by atoms with Crippen molar-refractivity contribution in [3.8, 4) is 26.7 Å². The highest BCUT2D eigenvalue weighted by atomic mass is 35.5. The monoisotopic (exact) mass is 485 g/mol. The Morgan fingerprint density at radius 2 is 1.81 bits per heavy atom. The Morgan fingerprint density at radius 3 is 2.53 bits per heavy atom. The van der Waals surface area contributed by atoms with Crippen LogP contribution in [0, 0.1) is 0 Å². The second-order valence-electron chi connectivity index (χ2n) is 7.10. The lowest BCUT2D eigenvalue weighted by Gasteiger charge is -2.08. The largest absolute Gasteiger partial charge is 0.399 e. The van der Waals surface area contributed by atoms with Gasteiger partial charge in [0.15, 0.2) is 9.84 Å². The van der Waals surface area contributed by atoms with Crippen LogP contribution in [-0.4, -0.2) is 37.3 Å². The van der Waals surface area contributed by atoms with E-state index in [-0.39, 0.29) is 0 Å². The number of thiophene rings is 1. The molecule has 0 atom stereocenters. The standard InChI is InChI=1S/C23H20ClN3O3S2/c1-15(26-30-2)19-14-21(27(25-19)20-10-5-4-9-18(20)24)23-12-11-22(31-23)16-7-6-8-17(13-16)32(3,28)29/h4-14H,1-3H3. The molecule has 0 aliphatic heterocycles. The molecule has 9 heteroatoms. The lowest BCUT2D eigenvalue weighted by molar-refractivity contribution is 0.213. The number of oxime groups is 1. The minimum Gasteiger partial charge on any atom is -0.399 e. The van der Waals surface area contributed by atoms with Gasteiger partial charge >= 0.3 is 0 Å². The molecule has 0 spiro atoms. The predicted octanol–water partition coefficient (Wildman–Crippen LogP) is 5.70. The molecule has 0 saturated heterocycles. The first kappa shape index (κ1) is 22.3. The first-order valence-electron chi connectivity index (χ1n) is 9.61. The molecule has 6 nitrogen and oxygen atoms in total. The third kappa shape index (κ3) is 4.48. The lowest BCUT2D eigenvalue weighted by Crippen LogP contribution is -2.02. The minimum absolute atomic E-state index is 0.291. The molecule has 0 saturated carbocycles. The highest BCUT2D eigenvalue weighted by Gasteiger charge is 2.18. The molecule has 0 unspecified atom stereocenters. The number of benzene rings is 2. The SMILES string of the molecule is CON=C(C)c1cc(-c2ccc(-c3cccc(S(C)(=O)=O)c3)s2)n(-c2ccccc2Cl)n1. The summed E-state index contributed by atoms with van der Waals surface area (Å²) in [6.45, 7) is 1.82. The molecule has 0 bridgehead atoms. The van der Waals surface area contributed by atoms with Gasteiger partial charge in [0.25, 0.3) is 0 Å². The van der Waals surface area contributed by atoms with E-state index in [0.717, 1.165) is 26.7 Å². The van der Waals surface area contributed by atoms with Gasteiger partial charge in [0.2, 0.25) is 0 Å². The maximum absolute atomic E-state index is 12.0. The molecule has 0 fully saturated rings. The maximum atomic E-state index is 12.0. The summed E-state index contributed by atoms with van der Waals surface area (Å²) >= 11 is 8.00. The first-order chi connectivity index (χ1) is 15.3. The van der Waals surface area contributed by atoms with E-state index < -0.39 is 9.84 Å². The quantitative estimate of drug-likeness (QED) is 0.259. The Labute approximate surface area is 195 Å². The summed E-state index contributed by atoms with van der Waals surface area (Å²) in [5.41, 5.74) is 3.72. The van der Waals surface area contributed by atoms with Crippen LogP contribution in [0.4, 0.5) is 0 Å². The van der Waals surface area contributed by atoms with Crippen LogP contribution in [0.2, 0.25) is 5.02 Å². The summed E-state index contributed by atoms with van der Waals surface area (Å²) in [6.07, 6.45) is 1.21. The Hall–Kier alpha value is -2.94. The van der Waals surface area contributed by atoms with Crippen molar-refractivity contribution < 1.29 is 13.3 Å². The van der Waals surface area contributed by atoms with Crippen LogP contribution in [0.3, 0.4) is 0 Å². The van der Waals surface area contributed by atoms with Gasteiger partial charge in [0.05, 0.1) is 26.2 Å². The first-order valence-corrected chi connectivity index (χ1v) is 12.7. The molecule has 4 rings (SSSR count). The topological polar surface area (TPSA) is 73.5 Å². The highest BCUT2D eigenvalue weighted by molar-refractivity contribution is 7.90. The van der Waals surface area contributed by atoms with Gasteiger partial charge in [-0.3, -0.25) is 0 Å². The fourth-order valence-corrected chi connectivity index (χ4v) is 5.12. The lowest BCUT2D eigenvalue weighted by atomic mass is 10.2. The van der Waals surface area contributed by atoms with Crippen LogP contribution < -0.4 is 0 Å². The summed E-state index contributed by atoms with van der Waals surface area (Å²) in [4.78, 5) is 7.10. The molecule has 2 aromatic heterocycles. The van der Waals surface area contributed by atoms with E-state index in [1.54, 1.807) is 34.2 Å². The van der Waals surface area contributed by atoms with Gasteiger partial charge in [0, 0.05) is 11.1 Å². The van der Waals surface area contributed by atoms with Crippen LogP contribution in [0.1, 0.15) is 12.6 Å². The van der Waals surface area contributed by atoms with E-state index in [2.05, 4.69) is 5.16 Å².